The Morgan fingerprint density at radius 2 is 1.87 bits per heavy atom. The second-order valence-corrected chi connectivity index (χ2v) is 5.35. The normalized spacial score (nSPS) is 11.9. The summed E-state index contributed by atoms with van der Waals surface area (Å²) in [4.78, 5) is 12.7. The average Bonchev–Trinajstić information content (AvgIpc) is 3.10. The van der Waals surface area contributed by atoms with E-state index in [-0.39, 0.29) is 5.91 Å². The number of tetrazole rings is 1. The number of nitrogens with zero attached hydrogens (tertiary/aromatic N) is 4. The third-order valence-corrected chi connectivity index (χ3v) is 3.58. The van der Waals surface area contributed by atoms with Crippen molar-refractivity contribution in [1.82, 2.24) is 20.2 Å². The Bertz CT molecular complexity index is 753. The first kappa shape index (κ1) is 14.9. The number of carbonyl (C=O) groups is 1. The molecule has 3 rings (SSSR count). The molecule has 1 amide bonds. The SMILES string of the molecule is Cc1ccc(NC(=O)[C@@H](Cc2ccccc2)n2cnnn2)cc1. The highest BCUT2D eigenvalue weighted by atomic mass is 16.2. The number of amides is 1. The highest BCUT2D eigenvalue weighted by Crippen LogP contribution is 2.16. The topological polar surface area (TPSA) is 72.7 Å². The van der Waals surface area contributed by atoms with Crippen LogP contribution < -0.4 is 5.32 Å². The predicted molar refractivity (Wildman–Crippen MR) is 86.8 cm³/mol. The van der Waals surface area contributed by atoms with Crippen molar-refractivity contribution in [3.63, 3.8) is 0 Å². The molecular weight excluding hydrogens is 290 g/mol. The molecule has 0 unspecified atom stereocenters. The lowest BCUT2D eigenvalue weighted by molar-refractivity contribution is -0.119. The second-order valence-electron chi connectivity index (χ2n) is 5.35. The zero-order valence-corrected chi connectivity index (χ0v) is 12.8. The highest BCUT2D eigenvalue weighted by molar-refractivity contribution is 5.93. The van der Waals surface area contributed by atoms with Gasteiger partial charge < -0.3 is 5.32 Å². The minimum Gasteiger partial charge on any atom is -0.324 e. The number of nitrogens with one attached hydrogen (secondary N) is 1. The Balaban J connectivity index is 1.80. The summed E-state index contributed by atoms with van der Waals surface area (Å²) in [6.07, 6.45) is 1.98. The minimum absolute atomic E-state index is 0.148. The molecule has 3 aromatic rings. The summed E-state index contributed by atoms with van der Waals surface area (Å²) in [6, 6.07) is 17.0. The number of hydrogen-bond acceptors (Lipinski definition) is 4. The minimum atomic E-state index is -0.506. The zero-order valence-electron chi connectivity index (χ0n) is 12.8. The van der Waals surface area contributed by atoms with Crippen molar-refractivity contribution in [3.8, 4) is 0 Å². The molecule has 116 valence electrons. The van der Waals surface area contributed by atoms with Crippen molar-refractivity contribution >= 4 is 11.6 Å². The van der Waals surface area contributed by atoms with Gasteiger partial charge >= 0.3 is 0 Å². The van der Waals surface area contributed by atoms with Crippen molar-refractivity contribution in [2.45, 2.75) is 19.4 Å². The van der Waals surface area contributed by atoms with Crippen molar-refractivity contribution in [3.05, 3.63) is 72.1 Å². The number of hydrogen-bond donors (Lipinski definition) is 1. The standard InChI is InChI=1S/C17H17N5O/c1-13-7-9-15(10-8-13)19-17(23)16(22-12-18-20-21-22)11-14-5-3-2-4-6-14/h2-10,12,16H,11H2,1H3,(H,19,23)/t16-/m1/s1. The molecule has 0 fully saturated rings. The van der Waals surface area contributed by atoms with Crippen LogP contribution in [0.4, 0.5) is 5.69 Å². The summed E-state index contributed by atoms with van der Waals surface area (Å²) in [7, 11) is 0. The van der Waals surface area contributed by atoms with Crippen LogP contribution in [-0.2, 0) is 11.2 Å². The Morgan fingerprint density at radius 3 is 2.52 bits per heavy atom. The van der Waals surface area contributed by atoms with Crippen LogP contribution in [0, 0.1) is 6.92 Å². The molecule has 0 aliphatic carbocycles. The first-order chi connectivity index (χ1) is 11.2. The number of carbonyl (C=O) groups excluding carboxylic acids is 1. The van der Waals surface area contributed by atoms with Crippen LogP contribution in [-0.4, -0.2) is 26.1 Å². The highest BCUT2D eigenvalue weighted by Gasteiger charge is 2.22. The van der Waals surface area contributed by atoms with Crippen molar-refractivity contribution < 1.29 is 4.79 Å². The molecule has 0 aliphatic heterocycles. The Labute approximate surface area is 134 Å². The van der Waals surface area contributed by atoms with Gasteiger partial charge in [0.05, 0.1) is 0 Å². The summed E-state index contributed by atoms with van der Waals surface area (Å²) < 4.78 is 1.48. The third kappa shape index (κ3) is 3.79. The van der Waals surface area contributed by atoms with E-state index in [1.807, 2.05) is 61.5 Å². The van der Waals surface area contributed by atoms with Crippen LogP contribution in [0.5, 0.6) is 0 Å². The van der Waals surface area contributed by atoms with Crippen molar-refractivity contribution in [2.24, 2.45) is 0 Å². The summed E-state index contributed by atoms with van der Waals surface area (Å²) in [5.74, 6) is -0.148. The molecule has 0 saturated heterocycles. The molecule has 23 heavy (non-hydrogen) atoms. The van der Waals surface area contributed by atoms with E-state index < -0.39 is 6.04 Å². The maximum absolute atomic E-state index is 12.7. The molecule has 0 spiro atoms. The molecular formula is C17H17N5O. The molecule has 0 radical (unpaired) electrons. The molecule has 1 aromatic heterocycles. The van der Waals surface area contributed by atoms with E-state index in [1.54, 1.807) is 0 Å². The zero-order chi connectivity index (χ0) is 16.1. The molecule has 2 aromatic carbocycles. The number of aryl methyl sites for hydroxylation is 1. The van der Waals surface area contributed by atoms with Crippen LogP contribution >= 0.6 is 0 Å². The van der Waals surface area contributed by atoms with E-state index in [1.165, 1.54) is 11.0 Å². The lowest BCUT2D eigenvalue weighted by Gasteiger charge is -2.16. The fourth-order valence-corrected chi connectivity index (χ4v) is 2.32. The Morgan fingerprint density at radius 1 is 1.13 bits per heavy atom. The quantitative estimate of drug-likeness (QED) is 0.785. The largest absolute Gasteiger partial charge is 0.324 e. The molecule has 6 heteroatoms. The van der Waals surface area contributed by atoms with Crippen molar-refractivity contribution in [2.75, 3.05) is 5.32 Å². The summed E-state index contributed by atoms with van der Waals surface area (Å²) in [5, 5.41) is 14.1. The van der Waals surface area contributed by atoms with Gasteiger partial charge in [-0.15, -0.1) is 5.10 Å². The molecule has 0 bridgehead atoms. The van der Waals surface area contributed by atoms with Crippen LogP contribution in [0.15, 0.2) is 60.9 Å². The van der Waals surface area contributed by atoms with Gasteiger partial charge in [-0.25, -0.2) is 4.68 Å². The van der Waals surface area contributed by atoms with E-state index in [0.29, 0.717) is 6.42 Å². The summed E-state index contributed by atoms with van der Waals surface area (Å²) >= 11 is 0. The van der Waals surface area contributed by atoms with E-state index in [9.17, 15) is 4.79 Å². The van der Waals surface area contributed by atoms with Crippen molar-refractivity contribution in [1.29, 1.82) is 0 Å². The van der Waals surface area contributed by atoms with E-state index in [4.69, 9.17) is 0 Å². The van der Waals surface area contributed by atoms with E-state index in [2.05, 4.69) is 20.8 Å². The fraction of sp³-hybridized carbons (Fsp3) is 0.176. The van der Waals surface area contributed by atoms with Gasteiger partial charge in [0.1, 0.15) is 12.4 Å². The number of rotatable bonds is 5. The van der Waals surface area contributed by atoms with Gasteiger partial charge in [-0.05, 0) is 35.0 Å². The maximum atomic E-state index is 12.7. The maximum Gasteiger partial charge on any atom is 0.249 e. The van der Waals surface area contributed by atoms with Gasteiger partial charge in [0.2, 0.25) is 5.91 Å². The Kier molecular flexibility index (Phi) is 4.42. The fourth-order valence-electron chi connectivity index (χ4n) is 2.32. The number of benzene rings is 2. The third-order valence-electron chi connectivity index (χ3n) is 3.58. The second kappa shape index (κ2) is 6.83. The number of anilines is 1. The van der Waals surface area contributed by atoms with Gasteiger partial charge in [-0.2, -0.15) is 0 Å². The molecule has 0 saturated carbocycles. The molecule has 0 aliphatic rings. The molecule has 1 atom stereocenters. The van der Waals surface area contributed by atoms with Gasteiger partial charge in [0.25, 0.3) is 0 Å². The average molecular weight is 307 g/mol. The van der Waals surface area contributed by atoms with Gasteiger partial charge in [-0.3, -0.25) is 4.79 Å². The van der Waals surface area contributed by atoms with E-state index >= 15 is 0 Å². The monoisotopic (exact) mass is 307 g/mol. The van der Waals surface area contributed by atoms with Crippen LogP contribution in [0.1, 0.15) is 17.2 Å². The lowest BCUT2D eigenvalue weighted by Crippen LogP contribution is -2.28. The van der Waals surface area contributed by atoms with Crippen LogP contribution in [0.2, 0.25) is 0 Å². The smallest absolute Gasteiger partial charge is 0.249 e. The summed E-state index contributed by atoms with van der Waals surface area (Å²) in [5.41, 5.74) is 2.95. The number of aromatic nitrogens is 4. The van der Waals surface area contributed by atoms with Gasteiger partial charge in [0.15, 0.2) is 0 Å². The van der Waals surface area contributed by atoms with Gasteiger partial charge in [-0.1, -0.05) is 48.0 Å². The van der Waals surface area contributed by atoms with Crippen LogP contribution in [0.3, 0.4) is 0 Å². The summed E-state index contributed by atoms with van der Waals surface area (Å²) in [6.45, 7) is 2.00. The first-order valence-corrected chi connectivity index (χ1v) is 7.36. The predicted octanol–water partition coefficient (Wildman–Crippen LogP) is 2.40. The van der Waals surface area contributed by atoms with Crippen LogP contribution in [0.25, 0.3) is 0 Å². The Hall–Kier alpha value is -3.02. The van der Waals surface area contributed by atoms with E-state index in [0.717, 1.165) is 16.8 Å². The van der Waals surface area contributed by atoms with Gasteiger partial charge in [0, 0.05) is 12.1 Å². The molecule has 1 N–H and O–H groups in total. The first-order valence-electron chi connectivity index (χ1n) is 7.36. The molecule has 6 nitrogen and oxygen atoms in total. The molecule has 1 heterocycles. The lowest BCUT2D eigenvalue weighted by atomic mass is 10.1.